The first-order valence-electron chi connectivity index (χ1n) is 6.34. The number of hydrogen-bond donors (Lipinski definition) is 1. The van der Waals surface area contributed by atoms with Crippen molar-refractivity contribution in [3.8, 4) is 5.75 Å². The van der Waals surface area contributed by atoms with Crippen molar-refractivity contribution < 1.29 is 9.66 Å². The summed E-state index contributed by atoms with van der Waals surface area (Å²) in [6.45, 7) is 5.09. The maximum Gasteiger partial charge on any atom is 0.333 e. The minimum absolute atomic E-state index is 0.0239. The number of rotatable bonds is 8. The number of nitro groups is 1. The molecule has 0 saturated carbocycles. The first-order valence-corrected chi connectivity index (χ1v) is 6.34. The van der Waals surface area contributed by atoms with Gasteiger partial charge in [-0.3, -0.25) is 10.1 Å². The van der Waals surface area contributed by atoms with Gasteiger partial charge in [0.1, 0.15) is 5.69 Å². The Morgan fingerprint density at radius 2 is 2.11 bits per heavy atom. The van der Waals surface area contributed by atoms with Crippen molar-refractivity contribution in [1.82, 2.24) is 0 Å². The lowest BCUT2D eigenvalue weighted by Crippen LogP contribution is -2.06. The molecule has 0 aromatic heterocycles. The second kappa shape index (κ2) is 7.53. The molecule has 1 aromatic rings. The minimum atomic E-state index is -0.396. The average Bonchev–Trinajstić information content (AvgIpc) is 2.35. The van der Waals surface area contributed by atoms with Gasteiger partial charge in [-0.05, 0) is 25.5 Å². The molecule has 0 aliphatic rings. The van der Waals surface area contributed by atoms with Gasteiger partial charge >= 0.3 is 5.69 Å². The number of para-hydroxylation sites is 1. The maximum atomic E-state index is 11.1. The maximum absolute atomic E-state index is 11.1. The van der Waals surface area contributed by atoms with Crippen LogP contribution in [0.15, 0.2) is 18.2 Å². The third-order valence-electron chi connectivity index (χ3n) is 2.58. The Kier molecular flexibility index (Phi) is 5.97. The lowest BCUT2D eigenvalue weighted by atomic mass is 10.2. The number of nitro benzene ring substituents is 1. The SMILES string of the molecule is CCCCCNc1cccc(OCC)c1[N+](=O)[O-]. The van der Waals surface area contributed by atoms with Crippen LogP contribution in [0.4, 0.5) is 11.4 Å². The number of hydrogen-bond acceptors (Lipinski definition) is 4. The van der Waals surface area contributed by atoms with E-state index in [1.165, 1.54) is 0 Å². The van der Waals surface area contributed by atoms with Crippen LogP contribution in [0.25, 0.3) is 0 Å². The third kappa shape index (κ3) is 3.91. The van der Waals surface area contributed by atoms with E-state index in [0.717, 1.165) is 25.8 Å². The molecule has 1 aromatic carbocycles. The molecule has 100 valence electrons. The quantitative estimate of drug-likeness (QED) is 0.436. The fourth-order valence-corrected chi connectivity index (χ4v) is 1.72. The normalized spacial score (nSPS) is 10.1. The van der Waals surface area contributed by atoms with E-state index < -0.39 is 4.92 Å². The van der Waals surface area contributed by atoms with Gasteiger partial charge in [0.15, 0.2) is 5.75 Å². The molecule has 0 aliphatic heterocycles. The highest BCUT2D eigenvalue weighted by atomic mass is 16.6. The van der Waals surface area contributed by atoms with E-state index in [9.17, 15) is 10.1 Å². The van der Waals surface area contributed by atoms with Gasteiger partial charge in [0.25, 0.3) is 0 Å². The highest BCUT2D eigenvalue weighted by Gasteiger charge is 2.20. The minimum Gasteiger partial charge on any atom is -0.487 e. The van der Waals surface area contributed by atoms with E-state index in [1.807, 2.05) is 6.92 Å². The molecule has 1 N–H and O–H groups in total. The molecule has 1 rings (SSSR count). The molecular formula is C13H20N2O3. The molecule has 0 amide bonds. The Labute approximate surface area is 107 Å². The predicted octanol–water partition coefficient (Wildman–Crippen LogP) is 3.60. The molecule has 0 radical (unpaired) electrons. The highest BCUT2D eigenvalue weighted by Crippen LogP contribution is 2.34. The van der Waals surface area contributed by atoms with E-state index in [-0.39, 0.29) is 5.69 Å². The monoisotopic (exact) mass is 252 g/mol. The van der Waals surface area contributed by atoms with Crippen molar-refractivity contribution in [3.05, 3.63) is 28.3 Å². The second-order valence-electron chi connectivity index (χ2n) is 3.98. The van der Waals surface area contributed by atoms with Crippen LogP contribution in [0.1, 0.15) is 33.1 Å². The lowest BCUT2D eigenvalue weighted by molar-refractivity contribution is -0.384. The van der Waals surface area contributed by atoms with E-state index in [0.29, 0.717) is 18.0 Å². The van der Waals surface area contributed by atoms with Gasteiger partial charge in [-0.1, -0.05) is 25.8 Å². The van der Waals surface area contributed by atoms with Crippen molar-refractivity contribution in [2.75, 3.05) is 18.5 Å². The molecular weight excluding hydrogens is 232 g/mol. The van der Waals surface area contributed by atoms with Gasteiger partial charge in [0, 0.05) is 6.54 Å². The smallest absolute Gasteiger partial charge is 0.333 e. The Balaban J connectivity index is 2.82. The molecule has 5 heteroatoms. The molecule has 0 atom stereocenters. The van der Waals surface area contributed by atoms with Gasteiger partial charge in [0.05, 0.1) is 11.5 Å². The van der Waals surface area contributed by atoms with Crippen LogP contribution in [0.5, 0.6) is 5.75 Å². The first-order chi connectivity index (χ1) is 8.70. The van der Waals surface area contributed by atoms with Gasteiger partial charge in [0.2, 0.25) is 0 Å². The number of nitrogens with one attached hydrogen (secondary N) is 1. The number of anilines is 1. The summed E-state index contributed by atoms with van der Waals surface area (Å²) in [5.74, 6) is 0.322. The van der Waals surface area contributed by atoms with Crippen molar-refractivity contribution in [1.29, 1.82) is 0 Å². The lowest BCUT2D eigenvalue weighted by Gasteiger charge is -2.10. The summed E-state index contributed by atoms with van der Waals surface area (Å²) in [7, 11) is 0. The number of nitrogens with zero attached hydrogens (tertiary/aromatic N) is 1. The predicted molar refractivity (Wildman–Crippen MR) is 72.3 cm³/mol. The van der Waals surface area contributed by atoms with E-state index in [4.69, 9.17) is 4.74 Å². The highest BCUT2D eigenvalue weighted by molar-refractivity contribution is 5.68. The molecule has 0 heterocycles. The van der Waals surface area contributed by atoms with Crippen molar-refractivity contribution >= 4 is 11.4 Å². The summed E-state index contributed by atoms with van der Waals surface area (Å²) in [5.41, 5.74) is 0.554. The number of unbranched alkanes of at least 4 members (excludes halogenated alkanes) is 2. The number of benzene rings is 1. The zero-order chi connectivity index (χ0) is 13.4. The van der Waals surface area contributed by atoms with Crippen molar-refractivity contribution in [2.24, 2.45) is 0 Å². The van der Waals surface area contributed by atoms with Crippen LogP contribution in [0.3, 0.4) is 0 Å². The molecule has 0 unspecified atom stereocenters. The molecule has 0 spiro atoms. The van der Waals surface area contributed by atoms with Gasteiger partial charge in [-0.2, -0.15) is 0 Å². The fraction of sp³-hybridized carbons (Fsp3) is 0.538. The van der Waals surface area contributed by atoms with Crippen molar-refractivity contribution in [2.45, 2.75) is 33.1 Å². The standard InChI is InChI=1S/C13H20N2O3/c1-3-5-6-10-14-11-8-7-9-12(18-4-2)13(11)15(16)17/h7-9,14H,3-6,10H2,1-2H3. The van der Waals surface area contributed by atoms with Crippen LogP contribution in [0, 0.1) is 10.1 Å². The summed E-state index contributed by atoms with van der Waals surface area (Å²) in [6, 6.07) is 5.10. The van der Waals surface area contributed by atoms with E-state index >= 15 is 0 Å². The third-order valence-corrected chi connectivity index (χ3v) is 2.58. The molecule has 18 heavy (non-hydrogen) atoms. The Hall–Kier alpha value is -1.78. The van der Waals surface area contributed by atoms with Crippen LogP contribution in [-0.2, 0) is 0 Å². The summed E-state index contributed by atoms with van der Waals surface area (Å²) in [5, 5.41) is 14.2. The van der Waals surface area contributed by atoms with Crippen LogP contribution in [0.2, 0.25) is 0 Å². The topological polar surface area (TPSA) is 64.4 Å². The van der Waals surface area contributed by atoms with Gasteiger partial charge in [-0.15, -0.1) is 0 Å². The largest absolute Gasteiger partial charge is 0.487 e. The molecule has 0 aliphatic carbocycles. The van der Waals surface area contributed by atoms with E-state index in [1.54, 1.807) is 18.2 Å². The zero-order valence-electron chi connectivity index (χ0n) is 10.9. The van der Waals surface area contributed by atoms with E-state index in [2.05, 4.69) is 12.2 Å². The second-order valence-corrected chi connectivity index (χ2v) is 3.98. The first kappa shape index (κ1) is 14.3. The van der Waals surface area contributed by atoms with Gasteiger partial charge in [-0.25, -0.2) is 0 Å². The van der Waals surface area contributed by atoms with Crippen LogP contribution in [-0.4, -0.2) is 18.1 Å². The summed E-state index contributed by atoms with van der Waals surface area (Å²) >= 11 is 0. The van der Waals surface area contributed by atoms with Crippen LogP contribution < -0.4 is 10.1 Å². The Morgan fingerprint density at radius 3 is 2.72 bits per heavy atom. The molecule has 5 nitrogen and oxygen atoms in total. The fourth-order valence-electron chi connectivity index (χ4n) is 1.72. The summed E-state index contributed by atoms with van der Waals surface area (Å²) in [6.07, 6.45) is 3.25. The Bertz CT molecular complexity index is 394. The molecule has 0 saturated heterocycles. The molecule has 0 fully saturated rings. The molecule has 0 bridgehead atoms. The summed E-state index contributed by atoms with van der Waals surface area (Å²) in [4.78, 5) is 10.7. The van der Waals surface area contributed by atoms with Crippen molar-refractivity contribution in [3.63, 3.8) is 0 Å². The van der Waals surface area contributed by atoms with Crippen LogP contribution >= 0.6 is 0 Å². The zero-order valence-corrected chi connectivity index (χ0v) is 10.9. The average molecular weight is 252 g/mol. The Morgan fingerprint density at radius 1 is 1.33 bits per heavy atom. The van der Waals surface area contributed by atoms with Gasteiger partial charge < -0.3 is 10.1 Å². The number of ether oxygens (including phenoxy) is 1. The summed E-state index contributed by atoms with van der Waals surface area (Å²) < 4.78 is 5.28.